The van der Waals surface area contributed by atoms with Crippen LogP contribution in [0, 0.1) is 23.2 Å². The third-order valence-electron chi connectivity index (χ3n) is 4.20. The molecule has 0 N–H and O–H groups in total. The highest BCUT2D eigenvalue weighted by Gasteiger charge is 2.32. The van der Waals surface area contributed by atoms with Gasteiger partial charge in [0.15, 0.2) is 0 Å². The lowest BCUT2D eigenvalue weighted by atomic mass is 9.68. The van der Waals surface area contributed by atoms with Crippen molar-refractivity contribution in [2.24, 2.45) is 23.2 Å². The molecule has 0 amide bonds. The SMILES string of the molecule is C=CC.CC(C)CC(F)C1CCC(C(C)(C)C)CC1. The second-order valence-electron chi connectivity index (χ2n) is 7.53. The summed E-state index contributed by atoms with van der Waals surface area (Å²) in [5.41, 5.74) is 0.412. The van der Waals surface area contributed by atoms with E-state index in [2.05, 4.69) is 41.2 Å². The Kier molecular flexibility index (Phi) is 8.61. The van der Waals surface area contributed by atoms with E-state index < -0.39 is 6.17 Å². The zero-order chi connectivity index (χ0) is 15.1. The van der Waals surface area contributed by atoms with Crippen LogP contribution in [0.5, 0.6) is 0 Å². The molecule has 1 saturated carbocycles. The molecule has 1 aliphatic rings. The van der Waals surface area contributed by atoms with Gasteiger partial charge in [0.25, 0.3) is 0 Å². The molecule has 1 fully saturated rings. The maximum absolute atomic E-state index is 14.0. The molecule has 0 bridgehead atoms. The second kappa shape index (κ2) is 8.76. The minimum atomic E-state index is -0.555. The van der Waals surface area contributed by atoms with Crippen molar-refractivity contribution in [3.05, 3.63) is 12.7 Å². The molecule has 0 nitrogen and oxygen atoms in total. The Balaban J connectivity index is 0.000000982. The summed E-state index contributed by atoms with van der Waals surface area (Å²) in [6, 6.07) is 0. The van der Waals surface area contributed by atoms with Gasteiger partial charge in [0.1, 0.15) is 6.17 Å². The number of halogens is 1. The largest absolute Gasteiger partial charge is 0.247 e. The van der Waals surface area contributed by atoms with Gasteiger partial charge in [-0.05, 0) is 62.2 Å². The lowest BCUT2D eigenvalue weighted by molar-refractivity contribution is 0.0949. The minimum absolute atomic E-state index is 0.348. The van der Waals surface area contributed by atoms with Crippen molar-refractivity contribution >= 4 is 0 Å². The average molecular weight is 270 g/mol. The van der Waals surface area contributed by atoms with Gasteiger partial charge < -0.3 is 0 Å². The molecule has 0 heterocycles. The van der Waals surface area contributed by atoms with Crippen LogP contribution in [0.15, 0.2) is 12.7 Å². The molecular formula is C18H35F. The van der Waals surface area contributed by atoms with Crippen molar-refractivity contribution in [1.82, 2.24) is 0 Å². The number of hydrogen-bond acceptors (Lipinski definition) is 0. The van der Waals surface area contributed by atoms with Gasteiger partial charge in [-0.25, -0.2) is 4.39 Å². The normalized spacial score (nSPS) is 25.5. The molecule has 1 unspecified atom stereocenters. The van der Waals surface area contributed by atoms with E-state index in [1.807, 2.05) is 6.92 Å². The van der Waals surface area contributed by atoms with Crippen LogP contribution in [0.25, 0.3) is 0 Å². The monoisotopic (exact) mass is 270 g/mol. The van der Waals surface area contributed by atoms with E-state index in [0.29, 0.717) is 17.3 Å². The van der Waals surface area contributed by atoms with Gasteiger partial charge in [0.2, 0.25) is 0 Å². The van der Waals surface area contributed by atoms with Crippen molar-refractivity contribution in [3.8, 4) is 0 Å². The molecule has 19 heavy (non-hydrogen) atoms. The Morgan fingerprint density at radius 2 is 1.58 bits per heavy atom. The maximum atomic E-state index is 14.0. The third kappa shape index (κ3) is 7.74. The molecule has 1 rings (SSSR count). The lowest BCUT2D eigenvalue weighted by Crippen LogP contribution is -2.29. The van der Waals surface area contributed by atoms with Crippen molar-refractivity contribution in [1.29, 1.82) is 0 Å². The van der Waals surface area contributed by atoms with E-state index in [4.69, 9.17) is 0 Å². The molecule has 0 spiro atoms. The highest BCUT2D eigenvalue weighted by Crippen LogP contribution is 2.41. The number of rotatable bonds is 3. The summed E-state index contributed by atoms with van der Waals surface area (Å²) < 4.78 is 14.0. The fourth-order valence-corrected chi connectivity index (χ4v) is 2.99. The van der Waals surface area contributed by atoms with E-state index in [-0.39, 0.29) is 0 Å². The van der Waals surface area contributed by atoms with E-state index in [1.54, 1.807) is 6.08 Å². The van der Waals surface area contributed by atoms with Gasteiger partial charge in [0.05, 0.1) is 0 Å². The van der Waals surface area contributed by atoms with Crippen LogP contribution in [0.2, 0.25) is 0 Å². The fourth-order valence-electron chi connectivity index (χ4n) is 2.99. The predicted octanol–water partition coefficient (Wildman–Crippen LogP) is 6.42. The molecule has 0 radical (unpaired) electrons. The first-order valence-corrected chi connectivity index (χ1v) is 7.93. The number of allylic oxidation sites excluding steroid dienone is 1. The van der Waals surface area contributed by atoms with Crippen LogP contribution in [-0.2, 0) is 0 Å². The molecule has 0 aromatic heterocycles. The Morgan fingerprint density at radius 3 is 1.89 bits per heavy atom. The highest BCUT2D eigenvalue weighted by atomic mass is 19.1. The third-order valence-corrected chi connectivity index (χ3v) is 4.20. The second-order valence-corrected chi connectivity index (χ2v) is 7.53. The summed E-state index contributed by atoms with van der Waals surface area (Å²) in [6.45, 7) is 16.4. The van der Waals surface area contributed by atoms with Crippen LogP contribution in [0.3, 0.4) is 0 Å². The number of hydrogen-bond donors (Lipinski definition) is 0. The van der Waals surface area contributed by atoms with Crippen LogP contribution in [0.4, 0.5) is 4.39 Å². The number of alkyl halides is 1. The summed E-state index contributed by atoms with van der Waals surface area (Å²) in [5.74, 6) is 1.64. The zero-order valence-corrected chi connectivity index (χ0v) is 14.0. The molecule has 0 saturated heterocycles. The van der Waals surface area contributed by atoms with Crippen molar-refractivity contribution in [2.45, 2.75) is 79.8 Å². The van der Waals surface area contributed by atoms with Crippen LogP contribution in [-0.4, -0.2) is 6.17 Å². The van der Waals surface area contributed by atoms with Gasteiger partial charge >= 0.3 is 0 Å². The smallest absolute Gasteiger partial charge is 0.103 e. The van der Waals surface area contributed by atoms with Gasteiger partial charge in [0, 0.05) is 0 Å². The molecule has 114 valence electrons. The van der Waals surface area contributed by atoms with Gasteiger partial charge in [-0.2, -0.15) is 0 Å². The Bertz CT molecular complexity index is 229. The van der Waals surface area contributed by atoms with E-state index in [1.165, 1.54) is 12.8 Å². The zero-order valence-electron chi connectivity index (χ0n) is 14.0. The summed E-state index contributed by atoms with van der Waals surface area (Å²) in [6.07, 6.45) is 6.62. The fraction of sp³-hybridized carbons (Fsp3) is 0.889. The molecule has 0 aromatic carbocycles. The topological polar surface area (TPSA) is 0 Å². The summed E-state index contributed by atoms with van der Waals surface area (Å²) in [4.78, 5) is 0. The summed E-state index contributed by atoms with van der Waals surface area (Å²) >= 11 is 0. The summed E-state index contributed by atoms with van der Waals surface area (Å²) in [5, 5.41) is 0. The predicted molar refractivity (Wildman–Crippen MR) is 85.1 cm³/mol. The quantitative estimate of drug-likeness (QED) is 0.519. The maximum Gasteiger partial charge on any atom is 0.103 e. The minimum Gasteiger partial charge on any atom is -0.247 e. The molecule has 0 aromatic rings. The van der Waals surface area contributed by atoms with Gasteiger partial charge in [-0.15, -0.1) is 6.58 Å². The van der Waals surface area contributed by atoms with Crippen LogP contribution < -0.4 is 0 Å². The highest BCUT2D eigenvalue weighted by molar-refractivity contribution is 4.83. The van der Waals surface area contributed by atoms with E-state index >= 15 is 0 Å². The average Bonchev–Trinajstić information content (AvgIpc) is 2.28. The summed E-state index contributed by atoms with van der Waals surface area (Å²) in [7, 11) is 0. The van der Waals surface area contributed by atoms with Crippen molar-refractivity contribution in [2.75, 3.05) is 0 Å². The molecule has 1 heteroatoms. The van der Waals surface area contributed by atoms with Gasteiger partial charge in [-0.3, -0.25) is 0 Å². The molecular weight excluding hydrogens is 235 g/mol. The Hall–Kier alpha value is -0.330. The lowest BCUT2D eigenvalue weighted by Gasteiger charge is -2.38. The van der Waals surface area contributed by atoms with Gasteiger partial charge in [-0.1, -0.05) is 40.7 Å². The molecule has 1 atom stereocenters. The Morgan fingerprint density at radius 1 is 1.16 bits per heavy atom. The van der Waals surface area contributed by atoms with Crippen molar-refractivity contribution in [3.63, 3.8) is 0 Å². The van der Waals surface area contributed by atoms with E-state index in [0.717, 1.165) is 25.2 Å². The molecule has 0 aliphatic heterocycles. The van der Waals surface area contributed by atoms with Crippen molar-refractivity contribution < 1.29 is 4.39 Å². The first-order chi connectivity index (χ1) is 8.72. The molecule has 1 aliphatic carbocycles. The standard InChI is InChI=1S/C15H29F.C3H6/c1-11(2)10-14(16)12-6-8-13(9-7-12)15(3,4)5;1-3-2/h11-14H,6-10H2,1-5H3;3H,1H2,2H3. The van der Waals surface area contributed by atoms with E-state index in [9.17, 15) is 4.39 Å². The first-order valence-electron chi connectivity index (χ1n) is 7.93. The van der Waals surface area contributed by atoms with Crippen LogP contribution in [0.1, 0.15) is 73.6 Å². The first kappa shape index (κ1) is 18.7. The Labute approximate surface area is 120 Å². The van der Waals surface area contributed by atoms with Crippen LogP contribution >= 0.6 is 0 Å².